The van der Waals surface area contributed by atoms with Crippen LogP contribution in [0.1, 0.15) is 82.3 Å². The summed E-state index contributed by atoms with van der Waals surface area (Å²) >= 11 is 0. The molecule has 30 heavy (non-hydrogen) atoms. The van der Waals surface area contributed by atoms with E-state index >= 15 is 0 Å². The van der Waals surface area contributed by atoms with Gasteiger partial charge in [0.15, 0.2) is 0 Å². The predicted octanol–water partition coefficient (Wildman–Crippen LogP) is 5.71. The molecule has 1 aliphatic carbocycles. The number of rotatable bonds is 6. The van der Waals surface area contributed by atoms with Gasteiger partial charge < -0.3 is 19.9 Å². The average molecular weight is 414 g/mol. The number of ether oxygens (including phenoxy) is 3. The highest BCUT2D eigenvalue weighted by atomic mass is 16.6. The van der Waals surface area contributed by atoms with Crippen LogP contribution in [0.25, 0.3) is 5.57 Å². The number of nitrogen functional groups attached to an aromatic ring is 1. The van der Waals surface area contributed by atoms with Crippen molar-refractivity contribution in [2.45, 2.75) is 82.3 Å². The van der Waals surface area contributed by atoms with Crippen LogP contribution in [0.2, 0.25) is 0 Å². The zero-order valence-electron chi connectivity index (χ0n) is 19.3. The van der Waals surface area contributed by atoms with Gasteiger partial charge in [0.2, 0.25) is 0 Å². The average Bonchev–Trinajstić information content (AvgIpc) is 2.68. The van der Waals surface area contributed by atoms with Crippen molar-refractivity contribution in [1.82, 2.24) is 0 Å². The van der Waals surface area contributed by atoms with Gasteiger partial charge >= 0.3 is 0 Å². The normalized spacial score (nSPS) is 33.2. The summed E-state index contributed by atoms with van der Waals surface area (Å²) in [4.78, 5) is 0. The first-order valence-corrected chi connectivity index (χ1v) is 11.6. The van der Waals surface area contributed by atoms with Gasteiger partial charge in [0.1, 0.15) is 0 Å². The molecule has 2 fully saturated rings. The van der Waals surface area contributed by atoms with Gasteiger partial charge in [-0.15, -0.1) is 0 Å². The molecule has 1 unspecified atom stereocenters. The molecule has 2 heterocycles. The van der Waals surface area contributed by atoms with Gasteiger partial charge in [-0.05, 0) is 86.0 Å². The molecule has 0 saturated carbocycles. The molecule has 4 rings (SSSR count). The van der Waals surface area contributed by atoms with E-state index in [-0.39, 0.29) is 11.2 Å². The van der Waals surface area contributed by atoms with Gasteiger partial charge in [0, 0.05) is 25.5 Å². The lowest BCUT2D eigenvalue weighted by Crippen LogP contribution is -2.58. The summed E-state index contributed by atoms with van der Waals surface area (Å²) in [5.74, 6) is 0.435. The minimum Gasteiger partial charge on any atom is -0.398 e. The largest absolute Gasteiger partial charge is 0.398 e. The second-order valence-electron chi connectivity index (χ2n) is 10.7. The van der Waals surface area contributed by atoms with Gasteiger partial charge in [-0.3, -0.25) is 0 Å². The van der Waals surface area contributed by atoms with Crippen molar-refractivity contribution in [2.24, 2.45) is 5.41 Å². The predicted molar refractivity (Wildman–Crippen MR) is 123 cm³/mol. The minimum absolute atomic E-state index is 0.204. The van der Waals surface area contributed by atoms with Crippen LogP contribution >= 0.6 is 0 Å². The fourth-order valence-corrected chi connectivity index (χ4v) is 6.06. The van der Waals surface area contributed by atoms with Crippen molar-refractivity contribution < 1.29 is 14.2 Å². The Morgan fingerprint density at radius 2 is 1.70 bits per heavy atom. The van der Waals surface area contributed by atoms with Crippen LogP contribution in [0.15, 0.2) is 24.3 Å². The van der Waals surface area contributed by atoms with E-state index in [1.807, 2.05) is 0 Å². The maximum Gasteiger partial charge on any atom is 0.0929 e. The van der Waals surface area contributed by atoms with Crippen molar-refractivity contribution in [2.75, 3.05) is 33.2 Å². The van der Waals surface area contributed by atoms with Gasteiger partial charge in [0.05, 0.1) is 24.4 Å². The Hall–Kier alpha value is -1.36. The zero-order chi connectivity index (χ0) is 21.4. The van der Waals surface area contributed by atoms with Crippen molar-refractivity contribution in [3.8, 4) is 0 Å². The van der Waals surface area contributed by atoms with Crippen LogP contribution in [0.4, 0.5) is 5.69 Å². The third kappa shape index (κ3) is 4.32. The molecule has 4 nitrogen and oxygen atoms in total. The number of hydrogen-bond acceptors (Lipinski definition) is 4. The number of hydrogen-bond donors (Lipinski definition) is 1. The molecule has 3 atom stereocenters. The Labute approximate surface area is 182 Å². The summed E-state index contributed by atoms with van der Waals surface area (Å²) in [6.07, 6.45) is 11.2. The van der Waals surface area contributed by atoms with Crippen molar-refractivity contribution in [1.29, 1.82) is 0 Å². The standard InChI is InChI=1S/C26H39NO3/c1-24(2)12-8-19(9-13-24)22-14-20(6-7-23(22)27)21-15-25(17-28-3)10-5-11-26(16-21,30-25)18-29-4/h6-8,14,21H,5,9-13,15-18,27H2,1-4H3/t21?,25-,26+. The Morgan fingerprint density at radius 1 is 1.03 bits per heavy atom. The second kappa shape index (κ2) is 8.29. The molecule has 0 radical (unpaired) electrons. The highest BCUT2D eigenvalue weighted by Crippen LogP contribution is 2.52. The topological polar surface area (TPSA) is 53.7 Å². The monoisotopic (exact) mass is 413 g/mol. The van der Waals surface area contributed by atoms with Gasteiger partial charge in [0.25, 0.3) is 0 Å². The highest BCUT2D eigenvalue weighted by Gasteiger charge is 2.52. The number of allylic oxidation sites excluding steroid dienone is 2. The van der Waals surface area contributed by atoms with Crippen molar-refractivity contribution in [3.05, 3.63) is 35.4 Å². The first-order chi connectivity index (χ1) is 14.3. The molecule has 2 N–H and O–H groups in total. The maximum atomic E-state index is 6.74. The van der Waals surface area contributed by atoms with Gasteiger partial charge in [-0.25, -0.2) is 0 Å². The van der Waals surface area contributed by atoms with E-state index in [9.17, 15) is 0 Å². The van der Waals surface area contributed by atoms with E-state index in [1.54, 1.807) is 14.2 Å². The quantitative estimate of drug-likeness (QED) is 0.607. The highest BCUT2D eigenvalue weighted by molar-refractivity contribution is 5.76. The molecular formula is C26H39NO3. The molecule has 0 aromatic heterocycles. The molecule has 1 aromatic rings. The molecule has 166 valence electrons. The lowest BCUT2D eigenvalue weighted by atomic mass is 9.68. The molecule has 0 amide bonds. The van der Waals surface area contributed by atoms with E-state index in [0.717, 1.165) is 44.2 Å². The van der Waals surface area contributed by atoms with E-state index in [4.69, 9.17) is 19.9 Å². The van der Waals surface area contributed by atoms with E-state index in [0.29, 0.717) is 24.5 Å². The van der Waals surface area contributed by atoms with Crippen molar-refractivity contribution in [3.63, 3.8) is 0 Å². The van der Waals surface area contributed by atoms with Gasteiger partial charge in [-0.1, -0.05) is 26.0 Å². The summed E-state index contributed by atoms with van der Waals surface area (Å²) in [5, 5.41) is 0. The van der Waals surface area contributed by atoms with E-state index in [1.165, 1.54) is 29.5 Å². The Balaban J connectivity index is 1.65. The van der Waals surface area contributed by atoms with Crippen LogP contribution in [0.3, 0.4) is 0 Å². The summed E-state index contributed by atoms with van der Waals surface area (Å²) in [5.41, 5.74) is 11.4. The number of nitrogens with two attached hydrogens (primary N) is 1. The smallest absolute Gasteiger partial charge is 0.0929 e. The molecule has 2 saturated heterocycles. The summed E-state index contributed by atoms with van der Waals surface area (Å²) in [6, 6.07) is 6.72. The number of anilines is 1. The maximum absolute atomic E-state index is 6.74. The third-order valence-corrected chi connectivity index (χ3v) is 7.62. The molecule has 0 spiro atoms. The lowest BCUT2D eigenvalue weighted by molar-refractivity contribution is -0.254. The third-order valence-electron chi connectivity index (χ3n) is 7.62. The minimum atomic E-state index is -0.204. The first-order valence-electron chi connectivity index (χ1n) is 11.6. The van der Waals surface area contributed by atoms with E-state index < -0.39 is 0 Å². The second-order valence-corrected chi connectivity index (χ2v) is 10.7. The van der Waals surface area contributed by atoms with Crippen LogP contribution in [-0.2, 0) is 14.2 Å². The Bertz CT molecular complexity index is 771. The Morgan fingerprint density at radius 3 is 2.27 bits per heavy atom. The fraction of sp³-hybridized carbons (Fsp3) is 0.692. The molecule has 3 aliphatic rings. The van der Waals surface area contributed by atoms with Crippen LogP contribution in [0, 0.1) is 5.41 Å². The molecule has 4 heteroatoms. The summed E-state index contributed by atoms with van der Waals surface area (Å²) < 4.78 is 18.0. The van der Waals surface area contributed by atoms with E-state index in [2.05, 4.69) is 38.1 Å². The van der Waals surface area contributed by atoms with Crippen LogP contribution in [-0.4, -0.2) is 38.6 Å². The Kier molecular flexibility index (Phi) is 6.04. The molecule has 1 aromatic carbocycles. The number of benzene rings is 1. The molecule has 2 bridgehead atoms. The zero-order valence-corrected chi connectivity index (χ0v) is 19.3. The summed E-state index contributed by atoms with van der Waals surface area (Å²) in [7, 11) is 3.57. The number of methoxy groups -OCH3 is 2. The lowest BCUT2D eigenvalue weighted by Gasteiger charge is -2.54. The van der Waals surface area contributed by atoms with Crippen molar-refractivity contribution >= 4 is 11.3 Å². The molecular weight excluding hydrogens is 374 g/mol. The first kappa shape index (κ1) is 21.9. The number of fused-ring (bicyclic) bond motifs is 2. The summed E-state index contributed by atoms with van der Waals surface area (Å²) in [6.45, 7) is 6.00. The van der Waals surface area contributed by atoms with Crippen LogP contribution < -0.4 is 5.73 Å². The fourth-order valence-electron chi connectivity index (χ4n) is 6.06. The van der Waals surface area contributed by atoms with Crippen LogP contribution in [0.5, 0.6) is 0 Å². The molecule has 2 aliphatic heterocycles. The van der Waals surface area contributed by atoms with Gasteiger partial charge in [-0.2, -0.15) is 0 Å². The SMILES string of the molecule is COC[C@@]12CCC[C@@](COC)(CC(c3ccc(N)c(C4=CCC(C)(C)CC4)c3)C1)O2.